The van der Waals surface area contributed by atoms with Gasteiger partial charge in [-0.3, -0.25) is 9.78 Å². The molecular formula is C13H14N6O. The van der Waals surface area contributed by atoms with Gasteiger partial charge in [0.2, 0.25) is 5.95 Å². The number of nitrogens with one attached hydrogen (secondary N) is 3. The van der Waals surface area contributed by atoms with Crippen molar-refractivity contribution in [3.8, 4) is 0 Å². The van der Waals surface area contributed by atoms with Gasteiger partial charge in [-0.25, -0.2) is 4.99 Å². The lowest BCUT2D eigenvalue weighted by molar-refractivity contribution is 1.09. The van der Waals surface area contributed by atoms with Crippen molar-refractivity contribution >= 4 is 28.9 Å². The van der Waals surface area contributed by atoms with Crippen LogP contribution in [-0.4, -0.2) is 28.8 Å². The number of anilines is 3. The molecule has 2 heterocycles. The molecule has 1 aliphatic rings. The van der Waals surface area contributed by atoms with Gasteiger partial charge in [0.25, 0.3) is 5.56 Å². The van der Waals surface area contributed by atoms with E-state index >= 15 is 0 Å². The fourth-order valence-electron chi connectivity index (χ4n) is 1.96. The van der Waals surface area contributed by atoms with Gasteiger partial charge in [-0.05, 0) is 12.1 Å². The van der Waals surface area contributed by atoms with Gasteiger partial charge in [-0.1, -0.05) is 18.2 Å². The molecule has 5 N–H and O–H groups in total. The number of nitrogens with two attached hydrogens (primary N) is 1. The van der Waals surface area contributed by atoms with Crippen LogP contribution in [-0.2, 0) is 0 Å². The fourth-order valence-corrected chi connectivity index (χ4v) is 1.96. The van der Waals surface area contributed by atoms with Gasteiger partial charge >= 0.3 is 0 Å². The van der Waals surface area contributed by atoms with E-state index in [9.17, 15) is 4.79 Å². The monoisotopic (exact) mass is 270 g/mol. The molecule has 3 rings (SSSR count). The SMILES string of the molecule is Nc1nc2c(c(=O)[nH]1)N=C(CNc1ccccc1)CN2. The molecule has 0 spiro atoms. The molecule has 2 aromatic rings. The van der Waals surface area contributed by atoms with Gasteiger partial charge in [0.15, 0.2) is 11.5 Å². The summed E-state index contributed by atoms with van der Waals surface area (Å²) in [7, 11) is 0. The lowest BCUT2D eigenvalue weighted by Gasteiger charge is -2.17. The van der Waals surface area contributed by atoms with E-state index in [0.717, 1.165) is 11.4 Å². The highest BCUT2D eigenvalue weighted by molar-refractivity contribution is 5.97. The number of aliphatic imine (C=N–C) groups is 1. The summed E-state index contributed by atoms with van der Waals surface area (Å²) < 4.78 is 0. The first kappa shape index (κ1) is 12.2. The summed E-state index contributed by atoms with van der Waals surface area (Å²) in [6, 6.07) is 9.81. The molecule has 0 fully saturated rings. The van der Waals surface area contributed by atoms with E-state index < -0.39 is 0 Å². The maximum absolute atomic E-state index is 11.8. The lowest BCUT2D eigenvalue weighted by Crippen LogP contribution is -2.28. The smallest absolute Gasteiger partial charge is 0.280 e. The molecule has 0 aliphatic carbocycles. The van der Waals surface area contributed by atoms with Crippen LogP contribution < -0.4 is 21.9 Å². The third-order valence-electron chi connectivity index (χ3n) is 2.91. The Hall–Kier alpha value is -2.83. The van der Waals surface area contributed by atoms with E-state index in [1.807, 2.05) is 30.3 Å². The van der Waals surface area contributed by atoms with Crippen molar-refractivity contribution in [1.29, 1.82) is 0 Å². The van der Waals surface area contributed by atoms with Crippen LogP contribution in [0.15, 0.2) is 40.1 Å². The molecule has 7 nitrogen and oxygen atoms in total. The Kier molecular flexibility index (Phi) is 3.08. The molecule has 0 saturated heterocycles. The van der Waals surface area contributed by atoms with Crippen LogP contribution in [0, 0.1) is 0 Å². The zero-order chi connectivity index (χ0) is 13.9. The number of para-hydroxylation sites is 1. The normalized spacial score (nSPS) is 13.1. The van der Waals surface area contributed by atoms with Gasteiger partial charge in [0.1, 0.15) is 0 Å². The van der Waals surface area contributed by atoms with Gasteiger partial charge < -0.3 is 16.4 Å². The van der Waals surface area contributed by atoms with Crippen LogP contribution in [0.3, 0.4) is 0 Å². The van der Waals surface area contributed by atoms with Crippen LogP contribution in [0.5, 0.6) is 0 Å². The predicted octanol–water partition coefficient (Wildman–Crippen LogP) is 0.962. The van der Waals surface area contributed by atoms with Gasteiger partial charge in [0, 0.05) is 5.69 Å². The van der Waals surface area contributed by atoms with E-state index in [0.29, 0.717) is 18.9 Å². The first-order valence-electron chi connectivity index (χ1n) is 6.21. The van der Waals surface area contributed by atoms with Crippen LogP contribution >= 0.6 is 0 Å². The topological polar surface area (TPSA) is 108 Å². The second-order valence-electron chi connectivity index (χ2n) is 4.40. The molecule has 0 atom stereocenters. The Morgan fingerprint density at radius 3 is 2.90 bits per heavy atom. The van der Waals surface area contributed by atoms with Crippen molar-refractivity contribution in [2.45, 2.75) is 0 Å². The molecule has 1 aromatic carbocycles. The van der Waals surface area contributed by atoms with E-state index in [4.69, 9.17) is 5.73 Å². The second kappa shape index (κ2) is 5.04. The minimum atomic E-state index is -0.336. The van der Waals surface area contributed by atoms with E-state index in [1.54, 1.807) is 0 Å². The Labute approximate surface area is 115 Å². The number of fused-ring (bicyclic) bond motifs is 1. The van der Waals surface area contributed by atoms with Crippen LogP contribution in [0.1, 0.15) is 0 Å². The van der Waals surface area contributed by atoms with Crippen molar-refractivity contribution in [1.82, 2.24) is 9.97 Å². The Morgan fingerprint density at radius 1 is 1.30 bits per heavy atom. The first-order valence-corrected chi connectivity index (χ1v) is 6.21. The zero-order valence-electron chi connectivity index (χ0n) is 10.7. The number of rotatable bonds is 3. The summed E-state index contributed by atoms with van der Waals surface area (Å²) in [5.41, 5.74) is 7.26. The second-order valence-corrected chi connectivity index (χ2v) is 4.40. The fraction of sp³-hybridized carbons (Fsp3) is 0.154. The van der Waals surface area contributed by atoms with Crippen LogP contribution in [0.2, 0.25) is 0 Å². The highest BCUT2D eigenvalue weighted by Gasteiger charge is 2.16. The number of hydrogen-bond donors (Lipinski definition) is 4. The summed E-state index contributed by atoms with van der Waals surface area (Å²) in [5, 5.41) is 6.30. The number of hydrogen-bond acceptors (Lipinski definition) is 6. The van der Waals surface area contributed by atoms with Crippen molar-refractivity contribution in [2.24, 2.45) is 4.99 Å². The quantitative estimate of drug-likeness (QED) is 0.664. The third kappa shape index (κ3) is 2.46. The number of H-pyrrole nitrogens is 1. The number of aromatic nitrogens is 2. The van der Waals surface area contributed by atoms with Crippen molar-refractivity contribution in [3.05, 3.63) is 40.7 Å². The predicted molar refractivity (Wildman–Crippen MR) is 79.8 cm³/mol. The number of nitrogen functional groups attached to an aromatic ring is 1. The molecule has 0 amide bonds. The molecule has 102 valence electrons. The van der Waals surface area contributed by atoms with Gasteiger partial charge in [-0.2, -0.15) is 4.98 Å². The van der Waals surface area contributed by atoms with Crippen LogP contribution in [0.25, 0.3) is 0 Å². The average molecular weight is 270 g/mol. The van der Waals surface area contributed by atoms with Crippen molar-refractivity contribution < 1.29 is 0 Å². The van der Waals surface area contributed by atoms with Crippen LogP contribution in [0.4, 0.5) is 23.1 Å². The molecular weight excluding hydrogens is 256 g/mol. The van der Waals surface area contributed by atoms with Gasteiger partial charge in [-0.15, -0.1) is 0 Å². The molecule has 20 heavy (non-hydrogen) atoms. The Balaban J connectivity index is 1.79. The maximum atomic E-state index is 11.8. The number of nitrogens with zero attached hydrogens (tertiary/aromatic N) is 2. The molecule has 0 bridgehead atoms. The highest BCUT2D eigenvalue weighted by atomic mass is 16.1. The molecule has 0 saturated carbocycles. The molecule has 1 aromatic heterocycles. The molecule has 0 unspecified atom stereocenters. The standard InChI is InChI=1S/C13H14N6O/c14-13-18-11-10(12(20)19-13)17-9(7-16-11)6-15-8-4-2-1-3-5-8/h1-5,15H,6-7H2,(H4,14,16,18,19,20). The van der Waals surface area contributed by atoms with Gasteiger partial charge in [0.05, 0.1) is 18.8 Å². The van der Waals surface area contributed by atoms with Crippen molar-refractivity contribution in [2.75, 3.05) is 29.5 Å². The minimum absolute atomic E-state index is 0.0855. The minimum Gasteiger partial charge on any atom is -0.380 e. The summed E-state index contributed by atoms with van der Waals surface area (Å²) >= 11 is 0. The van der Waals surface area contributed by atoms with Crippen molar-refractivity contribution in [3.63, 3.8) is 0 Å². The summed E-state index contributed by atoms with van der Waals surface area (Å²) in [5.74, 6) is 0.511. The molecule has 7 heteroatoms. The first-order chi connectivity index (χ1) is 9.72. The summed E-state index contributed by atoms with van der Waals surface area (Å²) in [4.78, 5) is 22.5. The summed E-state index contributed by atoms with van der Waals surface area (Å²) in [6.07, 6.45) is 0. The molecule has 1 aliphatic heterocycles. The maximum Gasteiger partial charge on any atom is 0.280 e. The largest absolute Gasteiger partial charge is 0.380 e. The summed E-state index contributed by atoms with van der Waals surface area (Å²) in [6.45, 7) is 1.09. The van der Waals surface area contributed by atoms with E-state index in [-0.39, 0.29) is 17.2 Å². The lowest BCUT2D eigenvalue weighted by atomic mass is 10.2. The number of aromatic amines is 1. The average Bonchev–Trinajstić information content (AvgIpc) is 2.46. The van der Waals surface area contributed by atoms with E-state index in [1.165, 1.54) is 0 Å². The highest BCUT2D eigenvalue weighted by Crippen LogP contribution is 2.21. The Morgan fingerprint density at radius 2 is 2.10 bits per heavy atom. The number of benzene rings is 1. The zero-order valence-corrected chi connectivity index (χ0v) is 10.7. The Bertz CT molecular complexity index is 707. The van der Waals surface area contributed by atoms with E-state index in [2.05, 4.69) is 25.6 Å². The molecule has 0 radical (unpaired) electrons. The third-order valence-corrected chi connectivity index (χ3v) is 2.91.